The molecule has 0 saturated carbocycles. The topological polar surface area (TPSA) is 137 Å². The van der Waals surface area contributed by atoms with Gasteiger partial charge in [-0.2, -0.15) is 52.7 Å². The highest BCUT2D eigenvalue weighted by molar-refractivity contribution is 6.30. The Morgan fingerprint density at radius 1 is 0.512 bits per heavy atom. The summed E-state index contributed by atoms with van der Waals surface area (Å²) in [6.45, 7) is -1.08. The van der Waals surface area contributed by atoms with Crippen LogP contribution < -0.4 is 11.1 Å². The zero-order valence-electron chi connectivity index (χ0n) is 43.2. The summed E-state index contributed by atoms with van der Waals surface area (Å²) in [7, 11) is 0. The molecule has 3 heterocycles. The summed E-state index contributed by atoms with van der Waals surface area (Å²) in [6, 6.07) is 39.9. The molecule has 6 atom stereocenters. The van der Waals surface area contributed by atoms with Gasteiger partial charge in [-0.3, -0.25) is 15.3 Å². The molecule has 0 spiro atoms. The van der Waals surface area contributed by atoms with E-state index in [-0.39, 0.29) is 67.4 Å². The van der Waals surface area contributed by atoms with Crippen molar-refractivity contribution in [2.75, 3.05) is 13.2 Å². The van der Waals surface area contributed by atoms with Gasteiger partial charge >= 0.3 is 24.7 Å². The first kappa shape index (κ1) is 69.7. The fraction of sp³-hybridized carbons (Fsp3) is 0.258. The Labute approximate surface area is 495 Å². The fourth-order valence-electron chi connectivity index (χ4n) is 9.20. The second kappa shape index (κ2) is 27.8. The van der Waals surface area contributed by atoms with Crippen molar-refractivity contribution < 1.29 is 81.5 Å². The van der Waals surface area contributed by atoms with E-state index in [1.165, 1.54) is 73.1 Å². The Balaban J connectivity index is 0.000000261. The zero-order valence-corrected chi connectivity index (χ0v) is 44.7. The molecule has 460 valence electrons. The summed E-state index contributed by atoms with van der Waals surface area (Å²) in [5, 5.41) is 34.8. The van der Waals surface area contributed by atoms with Crippen molar-refractivity contribution in [1.29, 1.82) is 0 Å². The summed E-state index contributed by atoms with van der Waals surface area (Å²) >= 11 is 11.9. The van der Waals surface area contributed by atoms with E-state index in [1.54, 1.807) is 66.7 Å². The molecule has 4 unspecified atom stereocenters. The monoisotopic (exact) mass is 1260 g/mol. The van der Waals surface area contributed by atoms with E-state index in [0.717, 1.165) is 35.9 Å². The maximum Gasteiger partial charge on any atom is 0.424 e. The minimum Gasteiger partial charge on any atom is -0.388 e. The van der Waals surface area contributed by atoms with E-state index < -0.39 is 94.1 Å². The van der Waals surface area contributed by atoms with Crippen LogP contribution in [0.15, 0.2) is 194 Å². The smallest absolute Gasteiger partial charge is 0.388 e. The minimum absolute atomic E-state index is 0. The van der Waals surface area contributed by atoms with Gasteiger partial charge in [0.25, 0.3) is 0 Å². The number of halogens is 16. The van der Waals surface area contributed by atoms with Crippen molar-refractivity contribution in [3.05, 3.63) is 272 Å². The standard InChI is InChI=1S/C30H24ClF7N2O2.C20H15ClF4N2.C10H9F3O2.2CH4/c31-23-11-12-25(39-17-23)27(16-19-7-3-1-4-8-19,21-13-22(29(33,34)35)15-24(32)14-21)40-18-26(41)28(42,30(36,37)38)20-9-5-2-6-10-20;21-16-6-7-18(27-12-16)19(26,11-13-4-2-1-3-5-13)14-8-15(20(23,24)25)10-17(22)9-14;11-10(12,13)9(14,8-6-15-8)7-4-2-1-3-5-7;;/h1-15,17,26,40-42H,16,18H2;1-10,12H,11,26H2;1-5,8,14H,6H2;2*1H4/t26?,27-,28?;19-;;;/m00.../s1. The van der Waals surface area contributed by atoms with Gasteiger partial charge in [-0.25, -0.2) is 8.78 Å². The van der Waals surface area contributed by atoms with E-state index in [2.05, 4.69) is 20.0 Å². The van der Waals surface area contributed by atoms with Crippen LogP contribution in [0.1, 0.15) is 70.7 Å². The molecular weight excluding hydrogens is 1200 g/mol. The lowest BCUT2D eigenvalue weighted by atomic mass is 9.79. The zero-order chi connectivity index (χ0) is 61.5. The van der Waals surface area contributed by atoms with Crippen LogP contribution in [0.4, 0.5) is 61.5 Å². The van der Waals surface area contributed by atoms with Crippen molar-refractivity contribution in [2.45, 2.75) is 86.9 Å². The molecule has 1 saturated heterocycles. The molecule has 9 rings (SSSR count). The molecule has 1 aliphatic heterocycles. The predicted octanol–water partition coefficient (Wildman–Crippen LogP) is 15.2. The summed E-state index contributed by atoms with van der Waals surface area (Å²) in [5.41, 5.74) is -5.64. The fourth-order valence-corrected chi connectivity index (χ4v) is 9.43. The van der Waals surface area contributed by atoms with Crippen LogP contribution in [0.5, 0.6) is 0 Å². The second-order valence-corrected chi connectivity index (χ2v) is 20.2. The Morgan fingerprint density at radius 3 is 1.31 bits per heavy atom. The second-order valence-electron chi connectivity index (χ2n) is 19.4. The van der Waals surface area contributed by atoms with Gasteiger partial charge in [-0.1, -0.05) is 159 Å². The van der Waals surface area contributed by atoms with Gasteiger partial charge in [0.05, 0.1) is 50.2 Å². The predicted molar refractivity (Wildman–Crippen MR) is 297 cm³/mol. The number of nitrogens with two attached hydrogens (primary N) is 1. The SMILES string of the molecule is C.C.N[C@@](Cc1ccccc1)(c1cc(F)cc(C(F)(F)F)c1)c1ccc(Cl)cn1.OC(CN[C@@](Cc1ccccc1)(c1cc(F)cc(C(F)(F)F)c1)c1ccc(Cl)cn1)C(O)(c1ccccc1)C(F)(F)F.OC(c1ccccc1)(C1CO1)C(F)(F)F. The quantitative estimate of drug-likeness (QED) is 0.0506. The lowest BCUT2D eigenvalue weighted by molar-refractivity contribution is -0.297. The lowest BCUT2D eigenvalue weighted by Gasteiger charge is -2.40. The number of epoxide rings is 1. The Kier molecular flexibility index (Phi) is 22.5. The van der Waals surface area contributed by atoms with E-state index >= 15 is 0 Å². The van der Waals surface area contributed by atoms with Crippen LogP contribution in [0, 0.1) is 11.6 Å². The number of hydrogen-bond acceptors (Lipinski definition) is 8. The van der Waals surface area contributed by atoms with Crippen LogP contribution >= 0.6 is 23.2 Å². The molecule has 0 aliphatic carbocycles. The van der Waals surface area contributed by atoms with Crippen LogP contribution in [0.3, 0.4) is 0 Å². The molecule has 0 amide bonds. The summed E-state index contributed by atoms with van der Waals surface area (Å²) in [6.07, 6.45) is -21.1. The van der Waals surface area contributed by atoms with Crippen LogP contribution in [-0.2, 0) is 52.2 Å². The molecule has 1 aliphatic rings. The van der Waals surface area contributed by atoms with Gasteiger partial charge in [0.1, 0.15) is 23.8 Å². The lowest BCUT2D eigenvalue weighted by Crippen LogP contribution is -2.58. The van der Waals surface area contributed by atoms with Gasteiger partial charge in [0.15, 0.2) is 0 Å². The number of aromatic nitrogens is 2. The van der Waals surface area contributed by atoms with E-state index in [1.807, 2.05) is 6.07 Å². The Hall–Kier alpha value is -7.02. The molecular formula is C62H56Cl2F14N4O4. The number of nitrogens with one attached hydrogen (secondary N) is 1. The maximum absolute atomic E-state index is 14.8. The average molecular weight is 1260 g/mol. The third kappa shape index (κ3) is 16.1. The number of aliphatic hydroxyl groups excluding tert-OH is 1. The first-order valence-electron chi connectivity index (χ1n) is 24.9. The number of ether oxygens (including phenoxy) is 1. The number of aliphatic hydroxyl groups is 3. The molecule has 6 aromatic carbocycles. The number of alkyl halides is 12. The summed E-state index contributed by atoms with van der Waals surface area (Å²) < 4.78 is 195. The number of pyridine rings is 2. The minimum atomic E-state index is -5.36. The molecule has 86 heavy (non-hydrogen) atoms. The Bertz CT molecular complexity index is 3430. The molecule has 8 aromatic rings. The van der Waals surface area contributed by atoms with Crippen molar-refractivity contribution in [1.82, 2.24) is 15.3 Å². The van der Waals surface area contributed by atoms with E-state index in [9.17, 15) is 76.8 Å². The molecule has 1 fully saturated rings. The molecule has 24 heteroatoms. The van der Waals surface area contributed by atoms with Gasteiger partial charge < -0.3 is 25.8 Å². The number of hydrogen-bond donors (Lipinski definition) is 5. The number of rotatable bonds is 15. The highest BCUT2D eigenvalue weighted by Crippen LogP contribution is 2.47. The number of nitrogens with zero attached hydrogens (tertiary/aromatic N) is 2. The normalized spacial score (nSPS) is 16.5. The van der Waals surface area contributed by atoms with Crippen LogP contribution in [0.2, 0.25) is 10.0 Å². The number of benzene rings is 6. The first-order valence-corrected chi connectivity index (χ1v) is 25.7. The van der Waals surface area contributed by atoms with Crippen molar-refractivity contribution in [3.63, 3.8) is 0 Å². The average Bonchev–Trinajstić information content (AvgIpc) is 1.38. The molecule has 0 bridgehead atoms. The summed E-state index contributed by atoms with van der Waals surface area (Å²) in [4.78, 5) is 8.41. The van der Waals surface area contributed by atoms with Crippen molar-refractivity contribution >= 4 is 23.2 Å². The van der Waals surface area contributed by atoms with Crippen LogP contribution in [0.25, 0.3) is 0 Å². The maximum atomic E-state index is 14.8. The van der Waals surface area contributed by atoms with Crippen molar-refractivity contribution in [2.24, 2.45) is 5.73 Å². The van der Waals surface area contributed by atoms with E-state index in [0.29, 0.717) is 28.8 Å². The van der Waals surface area contributed by atoms with Gasteiger partial charge in [-0.05, 0) is 94.0 Å². The van der Waals surface area contributed by atoms with Crippen LogP contribution in [-0.4, -0.2) is 63.0 Å². The molecule has 0 radical (unpaired) electrons. The van der Waals surface area contributed by atoms with Gasteiger partial charge in [-0.15, -0.1) is 0 Å². The van der Waals surface area contributed by atoms with Gasteiger partial charge in [0, 0.05) is 31.8 Å². The Morgan fingerprint density at radius 2 is 0.907 bits per heavy atom. The highest BCUT2D eigenvalue weighted by atomic mass is 35.5. The molecule has 8 nitrogen and oxygen atoms in total. The first-order chi connectivity index (χ1) is 39.3. The van der Waals surface area contributed by atoms with Gasteiger partial charge in [0.2, 0.25) is 11.2 Å². The largest absolute Gasteiger partial charge is 0.424 e. The summed E-state index contributed by atoms with van der Waals surface area (Å²) in [5.74, 6) is -2.28. The molecule has 2 aromatic heterocycles. The van der Waals surface area contributed by atoms with E-state index in [4.69, 9.17) is 28.9 Å². The highest BCUT2D eigenvalue weighted by Gasteiger charge is 2.64. The molecule has 6 N–H and O–H groups in total. The third-order valence-corrected chi connectivity index (χ3v) is 14.1. The van der Waals surface area contributed by atoms with Crippen molar-refractivity contribution in [3.8, 4) is 0 Å². The third-order valence-electron chi connectivity index (χ3n) is 13.6.